The van der Waals surface area contributed by atoms with Gasteiger partial charge in [-0.05, 0) is 54.8 Å². The standard InChI is InChI=1S/C15H24O2/c1-9-4-7-15(16)11(9)12-10(13(12,2)3)5-6-14(15)8-17-14/h9-12,16H,4-8H2,1-3H3/t9-,10+,11+,12+,14-,15-/m1/s1. The Morgan fingerprint density at radius 2 is 1.82 bits per heavy atom. The van der Waals surface area contributed by atoms with Crippen molar-refractivity contribution in [3.8, 4) is 0 Å². The van der Waals surface area contributed by atoms with Crippen LogP contribution in [0.3, 0.4) is 0 Å². The molecule has 17 heavy (non-hydrogen) atoms. The molecule has 4 aliphatic rings. The third-order valence-electron chi connectivity index (χ3n) is 6.81. The molecule has 0 aromatic heterocycles. The van der Waals surface area contributed by atoms with E-state index in [1.807, 2.05) is 0 Å². The van der Waals surface area contributed by atoms with Crippen LogP contribution in [0.4, 0.5) is 0 Å². The second kappa shape index (κ2) is 2.75. The van der Waals surface area contributed by atoms with Gasteiger partial charge >= 0.3 is 0 Å². The van der Waals surface area contributed by atoms with Gasteiger partial charge in [-0.3, -0.25) is 0 Å². The van der Waals surface area contributed by atoms with E-state index in [2.05, 4.69) is 20.8 Å². The molecular formula is C15H24O2. The minimum atomic E-state index is -0.500. The SMILES string of the molecule is C[C@@H]1CC[C@@]2(O)[C@@H]1[C@@H]1[C@H](CC[C@@]23CO3)C1(C)C. The molecule has 4 rings (SSSR count). The molecule has 4 fully saturated rings. The van der Waals surface area contributed by atoms with Gasteiger partial charge in [-0.1, -0.05) is 20.8 Å². The summed E-state index contributed by atoms with van der Waals surface area (Å²) in [4.78, 5) is 0. The van der Waals surface area contributed by atoms with Crippen molar-refractivity contribution in [2.45, 2.75) is 57.7 Å². The number of hydrogen-bond donors (Lipinski definition) is 1. The van der Waals surface area contributed by atoms with Gasteiger partial charge in [0.15, 0.2) is 0 Å². The molecule has 1 N–H and O–H groups in total. The van der Waals surface area contributed by atoms with Crippen molar-refractivity contribution < 1.29 is 9.84 Å². The highest BCUT2D eigenvalue weighted by Crippen LogP contribution is 2.73. The lowest BCUT2D eigenvalue weighted by Gasteiger charge is -2.37. The van der Waals surface area contributed by atoms with E-state index in [0.29, 0.717) is 17.3 Å². The van der Waals surface area contributed by atoms with Gasteiger partial charge < -0.3 is 9.84 Å². The molecule has 3 saturated carbocycles. The molecule has 0 aromatic rings. The summed E-state index contributed by atoms with van der Waals surface area (Å²) in [5.41, 5.74) is -0.167. The highest BCUT2D eigenvalue weighted by molar-refractivity contribution is 5.25. The zero-order valence-corrected chi connectivity index (χ0v) is 11.2. The van der Waals surface area contributed by atoms with Crippen LogP contribution in [0, 0.1) is 29.1 Å². The number of rotatable bonds is 0. The van der Waals surface area contributed by atoms with Gasteiger partial charge in [0.1, 0.15) is 5.60 Å². The van der Waals surface area contributed by atoms with E-state index in [-0.39, 0.29) is 5.60 Å². The second-order valence-electron chi connectivity index (χ2n) is 7.74. The summed E-state index contributed by atoms with van der Waals surface area (Å²) in [6.07, 6.45) is 4.52. The third kappa shape index (κ3) is 1.06. The fourth-order valence-corrected chi connectivity index (χ4v) is 5.58. The first-order valence-electron chi connectivity index (χ1n) is 7.29. The van der Waals surface area contributed by atoms with Gasteiger partial charge in [-0.2, -0.15) is 0 Å². The minimum Gasteiger partial charge on any atom is -0.386 e. The van der Waals surface area contributed by atoms with Crippen molar-refractivity contribution in [1.82, 2.24) is 0 Å². The first-order chi connectivity index (χ1) is 7.92. The molecule has 1 aliphatic heterocycles. The van der Waals surface area contributed by atoms with Gasteiger partial charge in [-0.15, -0.1) is 0 Å². The summed E-state index contributed by atoms with van der Waals surface area (Å²) in [6, 6.07) is 0. The van der Waals surface area contributed by atoms with E-state index in [9.17, 15) is 5.11 Å². The Bertz CT molecular complexity index is 371. The molecule has 0 unspecified atom stereocenters. The molecule has 2 heteroatoms. The predicted octanol–water partition coefficient (Wildman–Crippen LogP) is 2.60. The first kappa shape index (κ1) is 10.8. The minimum absolute atomic E-state index is 0.133. The summed E-state index contributed by atoms with van der Waals surface area (Å²) in [7, 11) is 0. The fraction of sp³-hybridized carbons (Fsp3) is 1.00. The highest BCUT2D eigenvalue weighted by atomic mass is 16.6. The van der Waals surface area contributed by atoms with Gasteiger partial charge in [-0.25, -0.2) is 0 Å². The number of epoxide rings is 1. The maximum Gasteiger partial charge on any atom is 0.120 e. The highest BCUT2D eigenvalue weighted by Gasteiger charge is 2.76. The Hall–Kier alpha value is -0.0800. The van der Waals surface area contributed by atoms with Gasteiger partial charge in [0.2, 0.25) is 0 Å². The van der Waals surface area contributed by atoms with Crippen molar-refractivity contribution in [2.24, 2.45) is 29.1 Å². The molecule has 2 nitrogen and oxygen atoms in total. The van der Waals surface area contributed by atoms with Gasteiger partial charge in [0.25, 0.3) is 0 Å². The first-order valence-corrected chi connectivity index (χ1v) is 7.29. The van der Waals surface area contributed by atoms with Crippen LogP contribution in [0.25, 0.3) is 0 Å². The van der Waals surface area contributed by atoms with Gasteiger partial charge in [0.05, 0.1) is 12.2 Å². The quantitative estimate of drug-likeness (QED) is 0.656. The Kier molecular flexibility index (Phi) is 1.75. The van der Waals surface area contributed by atoms with Crippen LogP contribution in [0.1, 0.15) is 46.5 Å². The molecule has 1 saturated heterocycles. The van der Waals surface area contributed by atoms with Crippen molar-refractivity contribution in [2.75, 3.05) is 6.61 Å². The molecule has 96 valence electrons. The summed E-state index contributed by atoms with van der Waals surface area (Å²) in [5, 5.41) is 11.3. The van der Waals surface area contributed by atoms with E-state index in [1.54, 1.807) is 0 Å². The van der Waals surface area contributed by atoms with Crippen LogP contribution < -0.4 is 0 Å². The maximum absolute atomic E-state index is 11.3. The van der Waals surface area contributed by atoms with Crippen LogP contribution in [-0.2, 0) is 4.74 Å². The van der Waals surface area contributed by atoms with Crippen molar-refractivity contribution >= 4 is 0 Å². The van der Waals surface area contributed by atoms with Crippen molar-refractivity contribution in [3.05, 3.63) is 0 Å². The van der Waals surface area contributed by atoms with Crippen LogP contribution >= 0.6 is 0 Å². The van der Waals surface area contributed by atoms with Crippen LogP contribution in [0.2, 0.25) is 0 Å². The second-order valence-corrected chi connectivity index (χ2v) is 7.74. The number of aliphatic hydroxyl groups is 1. The molecular weight excluding hydrogens is 212 g/mol. The smallest absolute Gasteiger partial charge is 0.120 e. The Labute approximate surface area is 104 Å². The van der Waals surface area contributed by atoms with E-state index in [4.69, 9.17) is 4.74 Å². The lowest BCUT2D eigenvalue weighted by molar-refractivity contribution is -0.0826. The Morgan fingerprint density at radius 3 is 2.47 bits per heavy atom. The zero-order valence-electron chi connectivity index (χ0n) is 11.2. The Morgan fingerprint density at radius 1 is 1.12 bits per heavy atom. The lowest BCUT2D eigenvalue weighted by Crippen LogP contribution is -2.50. The molecule has 0 aromatic carbocycles. The van der Waals surface area contributed by atoms with E-state index < -0.39 is 5.60 Å². The molecule has 0 bridgehead atoms. The van der Waals surface area contributed by atoms with E-state index in [1.165, 1.54) is 12.8 Å². The van der Waals surface area contributed by atoms with E-state index >= 15 is 0 Å². The summed E-state index contributed by atoms with van der Waals surface area (Å²) in [5.74, 6) is 2.75. The normalized spacial score (nSPS) is 62.8. The van der Waals surface area contributed by atoms with Crippen molar-refractivity contribution in [3.63, 3.8) is 0 Å². The molecule has 0 amide bonds. The van der Waals surface area contributed by atoms with Crippen LogP contribution in [0.5, 0.6) is 0 Å². The molecule has 6 atom stereocenters. The topological polar surface area (TPSA) is 32.8 Å². The fourth-order valence-electron chi connectivity index (χ4n) is 5.58. The van der Waals surface area contributed by atoms with E-state index in [0.717, 1.165) is 31.3 Å². The summed E-state index contributed by atoms with van der Waals surface area (Å²) in [6.45, 7) is 7.96. The van der Waals surface area contributed by atoms with Gasteiger partial charge in [0, 0.05) is 0 Å². The van der Waals surface area contributed by atoms with Crippen LogP contribution in [-0.4, -0.2) is 22.9 Å². The lowest BCUT2D eigenvalue weighted by atomic mass is 9.72. The number of ether oxygens (including phenoxy) is 1. The Balaban J connectivity index is 1.78. The summed E-state index contributed by atoms with van der Waals surface area (Å²) < 4.78 is 5.77. The number of hydrogen-bond acceptors (Lipinski definition) is 2. The molecule has 1 heterocycles. The molecule has 0 radical (unpaired) electrons. The van der Waals surface area contributed by atoms with Crippen LogP contribution in [0.15, 0.2) is 0 Å². The summed E-state index contributed by atoms with van der Waals surface area (Å²) >= 11 is 0. The number of fused-ring (bicyclic) bond motifs is 4. The third-order valence-corrected chi connectivity index (χ3v) is 6.81. The monoisotopic (exact) mass is 236 g/mol. The largest absolute Gasteiger partial charge is 0.386 e. The maximum atomic E-state index is 11.3. The molecule has 1 spiro atoms. The average molecular weight is 236 g/mol. The predicted molar refractivity (Wildman–Crippen MR) is 65.5 cm³/mol. The zero-order chi connectivity index (χ0) is 12.1. The molecule has 3 aliphatic carbocycles. The average Bonchev–Trinajstić information content (AvgIpc) is 3.11. The van der Waals surface area contributed by atoms with Crippen molar-refractivity contribution in [1.29, 1.82) is 0 Å².